The Morgan fingerprint density at radius 1 is 1.00 bits per heavy atom. The predicted molar refractivity (Wildman–Crippen MR) is 84.1 cm³/mol. The van der Waals surface area contributed by atoms with Crippen LogP contribution in [0.4, 0.5) is 0 Å². The van der Waals surface area contributed by atoms with Crippen LogP contribution >= 0.6 is 0 Å². The maximum absolute atomic E-state index is 10.5. The molecular weight excluding hydrogens is 300 g/mol. The van der Waals surface area contributed by atoms with Crippen molar-refractivity contribution < 1.29 is 29.5 Å². The normalized spacial score (nSPS) is 13.2. The second kappa shape index (κ2) is 7.71. The molecule has 23 heavy (non-hydrogen) atoms. The summed E-state index contributed by atoms with van der Waals surface area (Å²) in [7, 11) is 2.96. The number of aliphatic hydroxyl groups excluding tert-OH is 2. The number of methoxy groups -OCH3 is 2. The van der Waals surface area contributed by atoms with Crippen LogP contribution in [0.15, 0.2) is 42.5 Å². The van der Waals surface area contributed by atoms with E-state index in [1.807, 2.05) is 0 Å². The third-order valence-corrected chi connectivity index (χ3v) is 3.37. The van der Waals surface area contributed by atoms with Gasteiger partial charge in [0.15, 0.2) is 17.6 Å². The van der Waals surface area contributed by atoms with Crippen molar-refractivity contribution >= 4 is 0 Å². The molecular formula is C17H20O6. The van der Waals surface area contributed by atoms with Gasteiger partial charge in [0.1, 0.15) is 17.6 Å². The molecule has 3 N–H and O–H groups in total. The minimum absolute atomic E-state index is 0.0487. The molecule has 0 aliphatic heterocycles. The van der Waals surface area contributed by atoms with Crippen LogP contribution in [0.5, 0.6) is 23.0 Å². The lowest BCUT2D eigenvalue weighted by molar-refractivity contribution is -0.000581. The summed E-state index contributed by atoms with van der Waals surface area (Å²) in [5.41, 5.74) is 0.371. The molecule has 0 bridgehead atoms. The van der Waals surface area contributed by atoms with Crippen LogP contribution in [-0.2, 0) is 0 Å². The largest absolute Gasteiger partial charge is 0.508 e. The maximum atomic E-state index is 10.5. The third-order valence-electron chi connectivity index (χ3n) is 3.37. The number of benzene rings is 2. The second-order valence-electron chi connectivity index (χ2n) is 4.90. The molecule has 0 fully saturated rings. The molecule has 0 aromatic heterocycles. The van der Waals surface area contributed by atoms with Crippen LogP contribution in [0, 0.1) is 0 Å². The molecule has 0 aliphatic rings. The molecule has 2 atom stereocenters. The van der Waals surface area contributed by atoms with E-state index in [2.05, 4.69) is 0 Å². The molecule has 2 aromatic carbocycles. The molecule has 0 spiro atoms. The SMILES string of the molecule is COc1cc(O)cc([C@@H](O)[C@H](CO)Oc2ccccc2OC)c1. The Morgan fingerprint density at radius 2 is 1.70 bits per heavy atom. The van der Waals surface area contributed by atoms with Gasteiger partial charge >= 0.3 is 0 Å². The number of rotatable bonds is 7. The summed E-state index contributed by atoms with van der Waals surface area (Å²) in [4.78, 5) is 0. The summed E-state index contributed by atoms with van der Waals surface area (Å²) in [6, 6.07) is 11.3. The van der Waals surface area contributed by atoms with Crippen LogP contribution in [0.2, 0.25) is 0 Å². The predicted octanol–water partition coefficient (Wildman–Crippen LogP) is 1.88. The Bertz CT molecular complexity index is 643. The van der Waals surface area contributed by atoms with Gasteiger partial charge in [0.2, 0.25) is 0 Å². The first-order valence-electron chi connectivity index (χ1n) is 7.05. The van der Waals surface area contributed by atoms with Gasteiger partial charge in [-0.05, 0) is 29.8 Å². The molecule has 0 saturated heterocycles. The third kappa shape index (κ3) is 4.06. The zero-order chi connectivity index (χ0) is 16.8. The zero-order valence-electron chi connectivity index (χ0n) is 13.0. The van der Waals surface area contributed by atoms with Gasteiger partial charge in [0.05, 0.1) is 20.8 Å². The fourth-order valence-electron chi connectivity index (χ4n) is 2.19. The smallest absolute Gasteiger partial charge is 0.161 e. The Kier molecular flexibility index (Phi) is 5.67. The van der Waals surface area contributed by atoms with E-state index in [0.717, 1.165) is 0 Å². The highest BCUT2D eigenvalue weighted by molar-refractivity contribution is 5.41. The molecule has 2 aromatic rings. The lowest BCUT2D eigenvalue weighted by Gasteiger charge is -2.24. The van der Waals surface area contributed by atoms with Gasteiger partial charge in [-0.1, -0.05) is 12.1 Å². The standard InChI is InChI=1S/C17H20O6/c1-21-13-8-11(7-12(19)9-13)17(20)16(10-18)23-15-6-4-3-5-14(15)22-2/h3-9,16-20H,10H2,1-2H3/t16-,17+/m0/s1. The summed E-state index contributed by atoms with van der Waals surface area (Å²) >= 11 is 0. The Balaban J connectivity index is 2.24. The minimum atomic E-state index is -1.16. The monoisotopic (exact) mass is 320 g/mol. The van der Waals surface area contributed by atoms with E-state index in [9.17, 15) is 15.3 Å². The molecule has 0 radical (unpaired) electrons. The fourth-order valence-corrected chi connectivity index (χ4v) is 2.19. The quantitative estimate of drug-likeness (QED) is 0.722. The number of hydrogen-bond acceptors (Lipinski definition) is 6. The lowest BCUT2D eigenvalue weighted by Crippen LogP contribution is -2.29. The molecule has 124 valence electrons. The van der Waals surface area contributed by atoms with Gasteiger partial charge in [-0.25, -0.2) is 0 Å². The first-order chi connectivity index (χ1) is 11.1. The molecule has 2 rings (SSSR count). The summed E-state index contributed by atoms with van der Waals surface area (Å²) in [5.74, 6) is 1.24. The molecule has 0 aliphatic carbocycles. The van der Waals surface area contributed by atoms with Crippen molar-refractivity contribution in [3.63, 3.8) is 0 Å². The number of aliphatic hydroxyl groups is 2. The molecule has 0 amide bonds. The fraction of sp³-hybridized carbons (Fsp3) is 0.294. The number of ether oxygens (including phenoxy) is 3. The van der Waals surface area contributed by atoms with Crippen molar-refractivity contribution in [3.05, 3.63) is 48.0 Å². The summed E-state index contributed by atoms with van der Waals surface area (Å²) in [6.45, 7) is -0.419. The first-order valence-corrected chi connectivity index (χ1v) is 7.05. The topological polar surface area (TPSA) is 88.4 Å². The van der Waals surface area contributed by atoms with Crippen LogP contribution in [-0.4, -0.2) is 42.3 Å². The molecule has 0 heterocycles. The van der Waals surface area contributed by atoms with E-state index in [1.165, 1.54) is 26.4 Å². The lowest BCUT2D eigenvalue weighted by atomic mass is 10.0. The highest BCUT2D eigenvalue weighted by atomic mass is 16.5. The zero-order valence-corrected chi connectivity index (χ0v) is 13.0. The van der Waals surface area contributed by atoms with Crippen LogP contribution in [0.3, 0.4) is 0 Å². The summed E-state index contributed by atoms with van der Waals surface area (Å²) in [6.07, 6.45) is -2.09. The highest BCUT2D eigenvalue weighted by Gasteiger charge is 2.24. The number of para-hydroxylation sites is 2. The van der Waals surface area contributed by atoms with Gasteiger partial charge in [-0.15, -0.1) is 0 Å². The van der Waals surface area contributed by atoms with E-state index in [1.54, 1.807) is 30.3 Å². The van der Waals surface area contributed by atoms with E-state index in [0.29, 0.717) is 22.8 Å². The highest BCUT2D eigenvalue weighted by Crippen LogP contribution is 2.32. The average Bonchev–Trinajstić information content (AvgIpc) is 2.58. The Labute approximate surface area is 134 Å². The number of phenols is 1. The average molecular weight is 320 g/mol. The maximum Gasteiger partial charge on any atom is 0.161 e. The Hall–Kier alpha value is -2.44. The van der Waals surface area contributed by atoms with Crippen molar-refractivity contribution in [2.75, 3.05) is 20.8 Å². The van der Waals surface area contributed by atoms with Crippen LogP contribution in [0.1, 0.15) is 11.7 Å². The number of phenolic OH excluding ortho intramolecular Hbond substituents is 1. The summed E-state index contributed by atoms with van der Waals surface area (Å²) < 4.78 is 15.9. The molecule has 6 nitrogen and oxygen atoms in total. The van der Waals surface area contributed by atoms with E-state index in [-0.39, 0.29) is 5.75 Å². The molecule has 0 unspecified atom stereocenters. The van der Waals surface area contributed by atoms with E-state index in [4.69, 9.17) is 14.2 Å². The second-order valence-corrected chi connectivity index (χ2v) is 4.90. The van der Waals surface area contributed by atoms with Crippen molar-refractivity contribution in [1.29, 1.82) is 0 Å². The first kappa shape index (κ1) is 16.9. The van der Waals surface area contributed by atoms with Gasteiger partial charge < -0.3 is 29.5 Å². The number of hydrogen-bond donors (Lipinski definition) is 3. The van der Waals surface area contributed by atoms with Gasteiger partial charge in [-0.2, -0.15) is 0 Å². The minimum Gasteiger partial charge on any atom is -0.508 e. The van der Waals surface area contributed by atoms with Gasteiger partial charge in [-0.3, -0.25) is 0 Å². The molecule has 0 saturated carbocycles. The molecule has 6 heteroatoms. The van der Waals surface area contributed by atoms with Crippen molar-refractivity contribution in [2.24, 2.45) is 0 Å². The van der Waals surface area contributed by atoms with Crippen LogP contribution < -0.4 is 14.2 Å². The van der Waals surface area contributed by atoms with Crippen molar-refractivity contribution in [1.82, 2.24) is 0 Å². The van der Waals surface area contributed by atoms with Gasteiger partial charge in [0, 0.05) is 6.07 Å². The van der Waals surface area contributed by atoms with E-state index >= 15 is 0 Å². The van der Waals surface area contributed by atoms with E-state index < -0.39 is 18.8 Å². The summed E-state index contributed by atoms with van der Waals surface area (Å²) in [5, 5.41) is 29.7. The van der Waals surface area contributed by atoms with Crippen LogP contribution in [0.25, 0.3) is 0 Å². The van der Waals surface area contributed by atoms with Crippen molar-refractivity contribution in [3.8, 4) is 23.0 Å². The number of aromatic hydroxyl groups is 1. The van der Waals surface area contributed by atoms with Gasteiger partial charge in [0.25, 0.3) is 0 Å². The Morgan fingerprint density at radius 3 is 2.30 bits per heavy atom. The van der Waals surface area contributed by atoms with Crippen molar-refractivity contribution in [2.45, 2.75) is 12.2 Å².